The summed E-state index contributed by atoms with van der Waals surface area (Å²) in [6.07, 6.45) is 0. The summed E-state index contributed by atoms with van der Waals surface area (Å²) in [4.78, 5) is 12.5. The Balaban J connectivity index is 2.02. The lowest BCUT2D eigenvalue weighted by Gasteiger charge is -2.15. The Morgan fingerprint density at radius 1 is 1.12 bits per heavy atom. The average Bonchev–Trinajstić information content (AvgIpc) is 2.61. The third-order valence-electron chi connectivity index (χ3n) is 4.03. The summed E-state index contributed by atoms with van der Waals surface area (Å²) in [5.41, 5.74) is 4.37. The summed E-state index contributed by atoms with van der Waals surface area (Å²) in [6.45, 7) is 6.10. The Morgan fingerprint density at radius 3 is 2.56 bits per heavy atom. The maximum Gasteiger partial charge on any atom is 0.237 e. The first kappa shape index (κ1) is 19.2. The minimum absolute atomic E-state index is 0.0538. The summed E-state index contributed by atoms with van der Waals surface area (Å²) in [6, 6.07) is 11.7. The molecule has 2 rings (SSSR count). The Labute approximate surface area is 153 Å². The van der Waals surface area contributed by atoms with Gasteiger partial charge in [0.05, 0.1) is 25.2 Å². The topological polar surface area (TPSA) is 47.6 Å². The second kappa shape index (κ2) is 8.81. The first-order valence-corrected chi connectivity index (χ1v) is 9.20. The molecule has 0 aliphatic heterocycles. The number of aryl methyl sites for hydroxylation is 2. The number of rotatable bonds is 7. The summed E-state index contributed by atoms with van der Waals surface area (Å²) < 4.78 is 10.5. The molecule has 134 valence electrons. The first-order valence-electron chi connectivity index (χ1n) is 8.15. The van der Waals surface area contributed by atoms with Crippen LogP contribution in [0, 0.1) is 13.8 Å². The molecular weight excluding hydrogens is 334 g/mol. The maximum atomic E-state index is 12.5. The van der Waals surface area contributed by atoms with Crippen LogP contribution in [0.15, 0.2) is 36.4 Å². The van der Waals surface area contributed by atoms with Crippen molar-refractivity contribution in [1.29, 1.82) is 0 Å². The van der Waals surface area contributed by atoms with Gasteiger partial charge in [-0.05, 0) is 44.0 Å². The van der Waals surface area contributed by atoms with E-state index in [2.05, 4.69) is 37.4 Å². The van der Waals surface area contributed by atoms with E-state index >= 15 is 0 Å². The highest BCUT2D eigenvalue weighted by atomic mass is 32.2. The molecule has 0 radical (unpaired) electrons. The molecule has 1 N–H and O–H groups in total. The standard InChI is InChI=1S/C20H25NO3S/c1-13-6-7-14(2)16(10-13)12-25-15(3)20(22)21-18-11-17(23-4)8-9-19(18)24-5/h6-11,15H,12H2,1-5H3,(H,21,22). The molecule has 1 atom stereocenters. The third-order valence-corrected chi connectivity index (χ3v) is 5.22. The zero-order valence-electron chi connectivity index (χ0n) is 15.4. The van der Waals surface area contributed by atoms with Crippen LogP contribution in [0.1, 0.15) is 23.6 Å². The lowest BCUT2D eigenvalue weighted by Crippen LogP contribution is -2.23. The van der Waals surface area contributed by atoms with Crippen LogP contribution in [0.5, 0.6) is 11.5 Å². The van der Waals surface area contributed by atoms with Crippen molar-refractivity contribution in [1.82, 2.24) is 0 Å². The minimum atomic E-state index is -0.184. The largest absolute Gasteiger partial charge is 0.497 e. The fraction of sp³-hybridized carbons (Fsp3) is 0.350. The highest BCUT2D eigenvalue weighted by Gasteiger charge is 2.16. The third kappa shape index (κ3) is 5.16. The molecule has 0 aliphatic rings. The molecule has 0 fully saturated rings. The molecule has 0 aliphatic carbocycles. The van der Waals surface area contributed by atoms with E-state index in [0.29, 0.717) is 17.2 Å². The van der Waals surface area contributed by atoms with Gasteiger partial charge in [-0.15, -0.1) is 11.8 Å². The van der Waals surface area contributed by atoms with E-state index < -0.39 is 0 Å². The average molecular weight is 359 g/mol. The molecule has 1 unspecified atom stereocenters. The summed E-state index contributed by atoms with van der Waals surface area (Å²) in [5.74, 6) is 2.03. The molecule has 2 aromatic carbocycles. The van der Waals surface area contributed by atoms with Crippen LogP contribution in [0.4, 0.5) is 5.69 Å². The van der Waals surface area contributed by atoms with E-state index in [9.17, 15) is 4.79 Å². The van der Waals surface area contributed by atoms with Gasteiger partial charge >= 0.3 is 0 Å². The van der Waals surface area contributed by atoms with E-state index in [0.717, 1.165) is 5.75 Å². The molecule has 0 saturated heterocycles. The molecule has 0 saturated carbocycles. The van der Waals surface area contributed by atoms with Gasteiger partial charge in [0.25, 0.3) is 0 Å². The number of carbonyl (C=O) groups excluding carboxylic acids is 1. The van der Waals surface area contributed by atoms with Gasteiger partial charge in [0.1, 0.15) is 11.5 Å². The monoisotopic (exact) mass is 359 g/mol. The highest BCUT2D eigenvalue weighted by molar-refractivity contribution is 7.99. The number of thioether (sulfide) groups is 1. The number of benzene rings is 2. The molecule has 0 spiro atoms. The zero-order valence-corrected chi connectivity index (χ0v) is 16.2. The Morgan fingerprint density at radius 2 is 1.88 bits per heavy atom. The predicted molar refractivity (Wildman–Crippen MR) is 105 cm³/mol. The van der Waals surface area contributed by atoms with E-state index in [1.807, 2.05) is 6.92 Å². The van der Waals surface area contributed by atoms with Gasteiger partial charge in [0, 0.05) is 11.8 Å². The second-order valence-electron chi connectivity index (χ2n) is 5.94. The molecule has 0 aromatic heterocycles. The van der Waals surface area contributed by atoms with Gasteiger partial charge in [0.15, 0.2) is 0 Å². The molecule has 2 aromatic rings. The summed E-state index contributed by atoms with van der Waals surface area (Å²) in [7, 11) is 3.17. The Hall–Kier alpha value is -2.14. The number of carbonyl (C=O) groups is 1. The lowest BCUT2D eigenvalue weighted by molar-refractivity contribution is -0.115. The number of amides is 1. The number of hydrogen-bond donors (Lipinski definition) is 1. The molecule has 5 heteroatoms. The number of methoxy groups -OCH3 is 2. The number of hydrogen-bond acceptors (Lipinski definition) is 4. The summed E-state index contributed by atoms with van der Waals surface area (Å²) in [5, 5.41) is 2.75. The molecule has 0 heterocycles. The molecule has 0 bridgehead atoms. The number of anilines is 1. The quantitative estimate of drug-likeness (QED) is 0.786. The van der Waals surface area contributed by atoms with Crippen LogP contribution < -0.4 is 14.8 Å². The van der Waals surface area contributed by atoms with Gasteiger partial charge in [-0.3, -0.25) is 4.79 Å². The van der Waals surface area contributed by atoms with E-state index in [4.69, 9.17) is 9.47 Å². The maximum absolute atomic E-state index is 12.5. The van der Waals surface area contributed by atoms with Crippen molar-refractivity contribution in [3.8, 4) is 11.5 Å². The van der Waals surface area contributed by atoms with Crippen molar-refractivity contribution in [2.45, 2.75) is 31.8 Å². The van der Waals surface area contributed by atoms with E-state index in [1.54, 1.807) is 44.2 Å². The smallest absolute Gasteiger partial charge is 0.237 e. The number of nitrogens with one attached hydrogen (secondary N) is 1. The number of ether oxygens (including phenoxy) is 2. The summed E-state index contributed by atoms with van der Waals surface area (Å²) >= 11 is 1.62. The minimum Gasteiger partial charge on any atom is -0.497 e. The molecular formula is C20H25NO3S. The normalized spacial score (nSPS) is 11.7. The van der Waals surface area contributed by atoms with Crippen molar-refractivity contribution in [2.24, 2.45) is 0 Å². The Kier molecular flexibility index (Phi) is 6.76. The predicted octanol–water partition coefficient (Wildman–Crippen LogP) is 4.58. The van der Waals surface area contributed by atoms with Gasteiger partial charge in [-0.25, -0.2) is 0 Å². The van der Waals surface area contributed by atoms with Crippen LogP contribution in [-0.2, 0) is 10.5 Å². The fourth-order valence-electron chi connectivity index (χ4n) is 2.39. The molecule has 1 amide bonds. The van der Waals surface area contributed by atoms with Crippen LogP contribution in [0.2, 0.25) is 0 Å². The lowest BCUT2D eigenvalue weighted by atomic mass is 10.1. The van der Waals surface area contributed by atoms with Crippen molar-refractivity contribution < 1.29 is 14.3 Å². The van der Waals surface area contributed by atoms with Crippen molar-refractivity contribution in [3.63, 3.8) is 0 Å². The van der Waals surface area contributed by atoms with Crippen LogP contribution in [-0.4, -0.2) is 25.4 Å². The van der Waals surface area contributed by atoms with Gasteiger partial charge < -0.3 is 14.8 Å². The van der Waals surface area contributed by atoms with Gasteiger partial charge in [0.2, 0.25) is 5.91 Å². The van der Waals surface area contributed by atoms with Crippen LogP contribution in [0.25, 0.3) is 0 Å². The van der Waals surface area contributed by atoms with Crippen LogP contribution >= 0.6 is 11.8 Å². The van der Waals surface area contributed by atoms with Crippen molar-refractivity contribution in [2.75, 3.05) is 19.5 Å². The second-order valence-corrected chi connectivity index (χ2v) is 7.27. The first-order chi connectivity index (χ1) is 11.9. The van der Waals surface area contributed by atoms with Crippen molar-refractivity contribution in [3.05, 3.63) is 53.1 Å². The fourth-order valence-corrected chi connectivity index (χ4v) is 3.34. The van der Waals surface area contributed by atoms with E-state index in [-0.39, 0.29) is 11.2 Å². The van der Waals surface area contributed by atoms with Gasteiger partial charge in [-0.1, -0.05) is 23.8 Å². The molecule has 4 nitrogen and oxygen atoms in total. The Bertz CT molecular complexity index is 746. The van der Waals surface area contributed by atoms with Gasteiger partial charge in [-0.2, -0.15) is 0 Å². The zero-order chi connectivity index (χ0) is 18.4. The van der Waals surface area contributed by atoms with E-state index in [1.165, 1.54) is 16.7 Å². The van der Waals surface area contributed by atoms with Crippen molar-refractivity contribution >= 4 is 23.4 Å². The van der Waals surface area contributed by atoms with Crippen LogP contribution in [0.3, 0.4) is 0 Å². The highest BCUT2D eigenvalue weighted by Crippen LogP contribution is 2.30. The molecule has 25 heavy (non-hydrogen) atoms. The SMILES string of the molecule is COc1ccc(OC)c(NC(=O)C(C)SCc2cc(C)ccc2C)c1.